The highest BCUT2D eigenvalue weighted by Gasteiger charge is 2.22. The minimum absolute atomic E-state index is 0.529. The number of aryl methyl sites for hydroxylation is 3. The summed E-state index contributed by atoms with van der Waals surface area (Å²) in [6.07, 6.45) is 4.90. The quantitative estimate of drug-likeness (QED) is 0.909. The van der Waals surface area contributed by atoms with Gasteiger partial charge in [0.15, 0.2) is 0 Å². The van der Waals surface area contributed by atoms with E-state index in [4.69, 9.17) is 0 Å². The molecule has 106 valence electrons. The van der Waals surface area contributed by atoms with Crippen LogP contribution in [0.1, 0.15) is 24.1 Å². The van der Waals surface area contributed by atoms with E-state index in [0.717, 1.165) is 17.7 Å². The van der Waals surface area contributed by atoms with Gasteiger partial charge in [0, 0.05) is 24.8 Å². The highest BCUT2D eigenvalue weighted by atomic mass is 19.1. The Balaban J connectivity index is 1.70. The zero-order valence-electron chi connectivity index (χ0n) is 11.4. The second-order valence-corrected chi connectivity index (χ2v) is 5.35. The van der Waals surface area contributed by atoms with Crippen LogP contribution in [0.5, 0.6) is 0 Å². The molecule has 0 aliphatic heterocycles. The first kappa shape index (κ1) is 13.1. The summed E-state index contributed by atoms with van der Waals surface area (Å²) in [6, 6.07) is 4.18. The lowest BCUT2D eigenvalue weighted by atomic mass is 10.1. The molecule has 1 aliphatic rings. The van der Waals surface area contributed by atoms with Crippen molar-refractivity contribution in [3.8, 4) is 0 Å². The Hall–Kier alpha value is -1.91. The normalized spacial score (nSPS) is 14.6. The topological polar surface area (TPSA) is 29.9 Å². The molecular weight excluding hydrogens is 260 g/mol. The van der Waals surface area contributed by atoms with Crippen molar-refractivity contribution in [3.05, 3.63) is 47.3 Å². The van der Waals surface area contributed by atoms with Gasteiger partial charge in [0.1, 0.15) is 11.6 Å². The van der Waals surface area contributed by atoms with Crippen molar-refractivity contribution >= 4 is 5.95 Å². The number of nitrogens with zero attached hydrogens (tertiary/aromatic N) is 2. The van der Waals surface area contributed by atoms with Crippen LogP contribution in [0, 0.1) is 18.6 Å². The number of halogens is 2. The molecule has 1 N–H and O–H groups in total. The molecule has 20 heavy (non-hydrogen) atoms. The Labute approximate surface area is 116 Å². The Morgan fingerprint density at radius 3 is 2.60 bits per heavy atom. The van der Waals surface area contributed by atoms with Crippen molar-refractivity contribution in [2.24, 2.45) is 0 Å². The lowest BCUT2D eigenvalue weighted by Gasteiger charge is -2.09. The first-order valence-electron chi connectivity index (χ1n) is 6.85. The van der Waals surface area contributed by atoms with E-state index in [1.165, 1.54) is 25.0 Å². The highest BCUT2D eigenvalue weighted by Crippen LogP contribution is 2.24. The van der Waals surface area contributed by atoms with Crippen molar-refractivity contribution in [2.75, 3.05) is 5.32 Å². The van der Waals surface area contributed by atoms with Gasteiger partial charge < -0.3 is 9.88 Å². The molecule has 0 radical (unpaired) electrons. The van der Waals surface area contributed by atoms with E-state index in [9.17, 15) is 8.78 Å². The molecular formula is C15H17F2N3. The average molecular weight is 277 g/mol. The summed E-state index contributed by atoms with van der Waals surface area (Å²) in [4.78, 5) is 4.44. The SMILES string of the molecule is Cc1cn(CCc2cc(F)cc(F)c2)c(NC2CC2)n1. The van der Waals surface area contributed by atoms with E-state index in [-0.39, 0.29) is 0 Å². The van der Waals surface area contributed by atoms with Crippen LogP contribution < -0.4 is 5.32 Å². The number of aromatic nitrogens is 2. The van der Waals surface area contributed by atoms with Gasteiger partial charge in [0.2, 0.25) is 5.95 Å². The van der Waals surface area contributed by atoms with Gasteiger partial charge in [-0.1, -0.05) is 0 Å². The molecule has 1 aliphatic carbocycles. The van der Waals surface area contributed by atoms with Crippen LogP contribution in [-0.4, -0.2) is 15.6 Å². The van der Waals surface area contributed by atoms with Gasteiger partial charge >= 0.3 is 0 Å². The van der Waals surface area contributed by atoms with Gasteiger partial charge in [0.25, 0.3) is 0 Å². The molecule has 0 spiro atoms. The molecule has 0 amide bonds. The molecule has 0 atom stereocenters. The van der Waals surface area contributed by atoms with E-state index < -0.39 is 11.6 Å². The van der Waals surface area contributed by atoms with Gasteiger partial charge in [-0.3, -0.25) is 0 Å². The maximum atomic E-state index is 13.1. The summed E-state index contributed by atoms with van der Waals surface area (Å²) in [6.45, 7) is 2.59. The van der Waals surface area contributed by atoms with Crippen LogP contribution in [0.2, 0.25) is 0 Å². The van der Waals surface area contributed by atoms with E-state index in [2.05, 4.69) is 10.3 Å². The van der Waals surface area contributed by atoms with Crippen LogP contribution >= 0.6 is 0 Å². The lowest BCUT2D eigenvalue weighted by molar-refractivity contribution is 0.576. The zero-order valence-corrected chi connectivity index (χ0v) is 11.4. The molecule has 2 aromatic rings. The van der Waals surface area contributed by atoms with Crippen molar-refractivity contribution in [1.82, 2.24) is 9.55 Å². The van der Waals surface area contributed by atoms with E-state index in [0.29, 0.717) is 24.6 Å². The monoisotopic (exact) mass is 277 g/mol. The van der Waals surface area contributed by atoms with Crippen molar-refractivity contribution in [1.29, 1.82) is 0 Å². The van der Waals surface area contributed by atoms with Crippen LogP contribution in [0.15, 0.2) is 24.4 Å². The summed E-state index contributed by atoms with van der Waals surface area (Å²) in [5.74, 6) is -0.210. The second kappa shape index (κ2) is 5.23. The number of rotatable bonds is 5. The highest BCUT2D eigenvalue weighted by molar-refractivity contribution is 5.32. The van der Waals surface area contributed by atoms with E-state index in [1.54, 1.807) is 0 Å². The molecule has 1 saturated carbocycles. The van der Waals surface area contributed by atoms with Crippen molar-refractivity contribution in [3.63, 3.8) is 0 Å². The molecule has 1 heterocycles. The maximum absolute atomic E-state index is 13.1. The zero-order chi connectivity index (χ0) is 14.1. The molecule has 3 nitrogen and oxygen atoms in total. The predicted octanol–water partition coefficient (Wildman–Crippen LogP) is 3.29. The van der Waals surface area contributed by atoms with Crippen LogP contribution in [0.3, 0.4) is 0 Å². The van der Waals surface area contributed by atoms with Crippen molar-refractivity contribution < 1.29 is 8.78 Å². The molecule has 0 bridgehead atoms. The lowest BCUT2D eigenvalue weighted by Crippen LogP contribution is -2.10. The summed E-state index contributed by atoms with van der Waals surface area (Å²) in [5, 5.41) is 3.37. The Morgan fingerprint density at radius 2 is 1.95 bits per heavy atom. The third kappa shape index (κ3) is 3.15. The van der Waals surface area contributed by atoms with Gasteiger partial charge in [-0.15, -0.1) is 0 Å². The predicted molar refractivity (Wildman–Crippen MR) is 73.7 cm³/mol. The first-order chi connectivity index (χ1) is 9.60. The van der Waals surface area contributed by atoms with Gasteiger partial charge in [-0.05, 0) is 43.9 Å². The summed E-state index contributed by atoms with van der Waals surface area (Å²) >= 11 is 0. The molecule has 1 aromatic carbocycles. The molecule has 1 aromatic heterocycles. The van der Waals surface area contributed by atoms with Gasteiger partial charge in [-0.2, -0.15) is 0 Å². The van der Waals surface area contributed by atoms with Crippen LogP contribution in [-0.2, 0) is 13.0 Å². The average Bonchev–Trinajstić information content (AvgIpc) is 3.09. The molecule has 0 saturated heterocycles. The number of benzene rings is 1. The van der Waals surface area contributed by atoms with Crippen LogP contribution in [0.4, 0.5) is 14.7 Å². The summed E-state index contributed by atoms with van der Waals surface area (Å²) < 4.78 is 28.3. The van der Waals surface area contributed by atoms with Gasteiger partial charge in [0.05, 0.1) is 5.69 Å². The van der Waals surface area contributed by atoms with Crippen molar-refractivity contribution in [2.45, 2.75) is 38.8 Å². The fourth-order valence-electron chi connectivity index (χ4n) is 2.25. The third-order valence-electron chi connectivity index (χ3n) is 3.37. The molecule has 0 unspecified atom stereocenters. The Bertz CT molecular complexity index is 597. The van der Waals surface area contributed by atoms with Crippen LogP contribution in [0.25, 0.3) is 0 Å². The number of anilines is 1. The fourth-order valence-corrected chi connectivity index (χ4v) is 2.25. The number of nitrogens with one attached hydrogen (secondary N) is 1. The number of hydrogen-bond donors (Lipinski definition) is 1. The Kier molecular flexibility index (Phi) is 3.42. The summed E-state index contributed by atoms with van der Waals surface area (Å²) in [5.41, 5.74) is 1.60. The minimum Gasteiger partial charge on any atom is -0.353 e. The largest absolute Gasteiger partial charge is 0.353 e. The Morgan fingerprint density at radius 1 is 1.25 bits per heavy atom. The smallest absolute Gasteiger partial charge is 0.203 e. The standard InChI is InChI=1S/C15H17F2N3/c1-10-9-20(15(18-10)19-14-2-3-14)5-4-11-6-12(16)8-13(17)7-11/h6-9,14H,2-5H2,1H3,(H,18,19). The maximum Gasteiger partial charge on any atom is 0.203 e. The number of imidazole rings is 1. The second-order valence-electron chi connectivity index (χ2n) is 5.35. The number of hydrogen-bond acceptors (Lipinski definition) is 2. The third-order valence-corrected chi connectivity index (χ3v) is 3.37. The molecule has 5 heteroatoms. The summed E-state index contributed by atoms with van der Waals surface area (Å²) in [7, 11) is 0. The van der Waals surface area contributed by atoms with E-state index in [1.807, 2.05) is 17.7 Å². The minimum atomic E-state index is -0.529. The van der Waals surface area contributed by atoms with Gasteiger partial charge in [-0.25, -0.2) is 13.8 Å². The molecule has 3 rings (SSSR count). The van der Waals surface area contributed by atoms with E-state index >= 15 is 0 Å². The fraction of sp³-hybridized carbons (Fsp3) is 0.400. The molecule has 1 fully saturated rings. The first-order valence-corrected chi connectivity index (χ1v) is 6.85.